The van der Waals surface area contributed by atoms with Crippen molar-refractivity contribution in [2.45, 2.75) is 32.4 Å². The monoisotopic (exact) mass is 504 g/mol. The van der Waals surface area contributed by atoms with Crippen LogP contribution in [0.3, 0.4) is 0 Å². The van der Waals surface area contributed by atoms with Gasteiger partial charge < -0.3 is 0 Å². The van der Waals surface area contributed by atoms with Crippen molar-refractivity contribution < 1.29 is 22.4 Å². The van der Waals surface area contributed by atoms with E-state index in [1.807, 2.05) is 6.07 Å². The van der Waals surface area contributed by atoms with Crippen molar-refractivity contribution in [2.75, 3.05) is 0 Å². The van der Waals surface area contributed by atoms with Crippen molar-refractivity contribution in [2.24, 2.45) is 4.99 Å². The molecule has 0 saturated carbocycles. The van der Waals surface area contributed by atoms with Gasteiger partial charge in [-0.05, 0) is 47.9 Å². The predicted octanol–water partition coefficient (Wildman–Crippen LogP) is 6.28. The van der Waals surface area contributed by atoms with Crippen LogP contribution in [0.4, 0.5) is 23.2 Å². The average Bonchev–Trinajstić information content (AvgIpc) is 3.35. The Bertz CT molecular complexity index is 1550. The number of halogens is 4. The zero-order valence-electron chi connectivity index (χ0n) is 19.7. The molecule has 0 fully saturated rings. The molecule has 3 heterocycles. The molecule has 0 spiro atoms. The fourth-order valence-electron chi connectivity index (χ4n) is 4.36. The first-order chi connectivity index (χ1) is 17.7. The van der Waals surface area contributed by atoms with Gasteiger partial charge in [0, 0.05) is 42.8 Å². The molecule has 0 amide bonds. The van der Waals surface area contributed by atoms with E-state index < -0.39 is 23.3 Å². The summed E-state index contributed by atoms with van der Waals surface area (Å²) in [6.45, 7) is 1.33. The van der Waals surface area contributed by atoms with E-state index in [9.17, 15) is 22.4 Å². The highest BCUT2D eigenvalue weighted by Gasteiger charge is 2.33. The second-order valence-corrected chi connectivity index (χ2v) is 8.76. The molecule has 2 aromatic heterocycles. The van der Waals surface area contributed by atoms with Gasteiger partial charge in [-0.1, -0.05) is 24.3 Å². The number of hydrogen-bond acceptors (Lipinski definition) is 5. The van der Waals surface area contributed by atoms with Gasteiger partial charge in [0.1, 0.15) is 23.5 Å². The van der Waals surface area contributed by atoms with E-state index in [1.54, 1.807) is 30.6 Å². The number of Topliss-reactive ketones (excluding diaryl/α,β-unsaturated/α-hetero) is 1. The molecule has 5 nitrogen and oxygen atoms in total. The third-order valence-corrected chi connectivity index (χ3v) is 6.25. The van der Waals surface area contributed by atoms with E-state index in [0.29, 0.717) is 35.5 Å². The number of alkyl halides is 3. The number of fused-ring (bicyclic) bond motifs is 1. The maximum absolute atomic E-state index is 14.6. The summed E-state index contributed by atoms with van der Waals surface area (Å²) in [6.07, 6.45) is 0.895. The summed E-state index contributed by atoms with van der Waals surface area (Å²) < 4.78 is 54.5. The fraction of sp³-hybridized carbons (Fsp3) is 0.179. The normalized spacial score (nSPS) is 12.6. The van der Waals surface area contributed by atoms with Crippen LogP contribution in [0.5, 0.6) is 0 Å². The average molecular weight is 504 g/mol. The molecule has 1 aliphatic heterocycles. The van der Waals surface area contributed by atoms with Crippen molar-refractivity contribution in [3.05, 3.63) is 106 Å². The number of pyridine rings is 1. The van der Waals surface area contributed by atoms with Crippen LogP contribution >= 0.6 is 0 Å². The molecule has 0 atom stereocenters. The molecule has 0 aliphatic carbocycles. The van der Waals surface area contributed by atoms with Crippen molar-refractivity contribution in [1.82, 2.24) is 15.0 Å². The van der Waals surface area contributed by atoms with Crippen LogP contribution in [0.25, 0.3) is 11.3 Å². The lowest BCUT2D eigenvalue weighted by Gasteiger charge is -2.13. The Morgan fingerprint density at radius 2 is 1.86 bits per heavy atom. The molecule has 9 heteroatoms. The molecule has 2 aromatic carbocycles. The van der Waals surface area contributed by atoms with E-state index in [-0.39, 0.29) is 23.1 Å². The van der Waals surface area contributed by atoms with Crippen molar-refractivity contribution >= 4 is 17.7 Å². The van der Waals surface area contributed by atoms with Crippen LogP contribution in [-0.4, -0.2) is 26.9 Å². The molecule has 186 valence electrons. The zero-order chi connectivity index (χ0) is 26.2. The van der Waals surface area contributed by atoms with Crippen LogP contribution in [0, 0.1) is 12.7 Å². The Morgan fingerprint density at radius 3 is 2.68 bits per heavy atom. The third kappa shape index (κ3) is 5.02. The van der Waals surface area contributed by atoms with Gasteiger partial charge in [0.2, 0.25) is 0 Å². The van der Waals surface area contributed by atoms with Crippen molar-refractivity contribution in [3.8, 4) is 11.3 Å². The van der Waals surface area contributed by atoms with Crippen LogP contribution in [0.15, 0.2) is 66.0 Å². The van der Waals surface area contributed by atoms with Gasteiger partial charge in [-0.3, -0.25) is 14.8 Å². The highest BCUT2D eigenvalue weighted by atomic mass is 19.4. The van der Waals surface area contributed by atoms with Crippen LogP contribution < -0.4 is 0 Å². The van der Waals surface area contributed by atoms with Gasteiger partial charge in [-0.25, -0.2) is 14.4 Å². The van der Waals surface area contributed by atoms with E-state index in [2.05, 4.69) is 19.9 Å². The first-order valence-corrected chi connectivity index (χ1v) is 11.5. The van der Waals surface area contributed by atoms with Gasteiger partial charge in [-0.15, -0.1) is 0 Å². The number of aryl methyl sites for hydroxylation is 1. The SMILES string of the molecule is Cc1ccc(C(=O)Cc2cc(Cc3ncccc3-c3ncnc4c3N=CC4)ccc2F)cc1C(F)(F)F. The van der Waals surface area contributed by atoms with E-state index in [0.717, 1.165) is 17.3 Å². The molecule has 1 aliphatic rings. The second-order valence-electron chi connectivity index (χ2n) is 8.76. The largest absolute Gasteiger partial charge is 0.416 e. The zero-order valence-corrected chi connectivity index (χ0v) is 19.7. The lowest BCUT2D eigenvalue weighted by molar-refractivity contribution is -0.138. The number of aliphatic imine (C=N–C) groups is 1. The number of aromatic nitrogens is 3. The van der Waals surface area contributed by atoms with Gasteiger partial charge in [-0.2, -0.15) is 13.2 Å². The molecular weight excluding hydrogens is 484 g/mol. The minimum atomic E-state index is -4.58. The summed E-state index contributed by atoms with van der Waals surface area (Å²) in [5.74, 6) is -1.21. The Hall–Kier alpha value is -4.27. The summed E-state index contributed by atoms with van der Waals surface area (Å²) in [4.78, 5) is 30.4. The summed E-state index contributed by atoms with van der Waals surface area (Å²) in [7, 11) is 0. The van der Waals surface area contributed by atoms with E-state index in [1.165, 1.54) is 31.5 Å². The molecule has 4 aromatic rings. The molecule has 0 N–H and O–H groups in total. The Morgan fingerprint density at radius 1 is 1.03 bits per heavy atom. The summed E-state index contributed by atoms with van der Waals surface area (Å²) in [5.41, 5.74) is 3.43. The number of nitrogens with zero attached hydrogens (tertiary/aromatic N) is 4. The number of rotatable bonds is 6. The minimum Gasteiger partial charge on any atom is -0.294 e. The number of hydrogen-bond donors (Lipinski definition) is 0. The van der Waals surface area contributed by atoms with Crippen LogP contribution in [0.2, 0.25) is 0 Å². The quantitative estimate of drug-likeness (QED) is 0.229. The summed E-state index contributed by atoms with van der Waals surface area (Å²) in [6, 6.07) is 11.5. The highest BCUT2D eigenvalue weighted by molar-refractivity contribution is 5.97. The smallest absolute Gasteiger partial charge is 0.294 e. The predicted molar refractivity (Wildman–Crippen MR) is 131 cm³/mol. The highest BCUT2D eigenvalue weighted by Crippen LogP contribution is 2.35. The molecule has 0 unspecified atom stereocenters. The maximum atomic E-state index is 14.6. The fourth-order valence-corrected chi connectivity index (χ4v) is 4.36. The van der Waals surface area contributed by atoms with Crippen LogP contribution in [-0.2, 0) is 25.4 Å². The van der Waals surface area contributed by atoms with Gasteiger partial charge in [0.25, 0.3) is 0 Å². The topological polar surface area (TPSA) is 68.1 Å². The number of ketones is 1. The van der Waals surface area contributed by atoms with Crippen molar-refractivity contribution in [3.63, 3.8) is 0 Å². The Balaban J connectivity index is 1.42. The minimum absolute atomic E-state index is 0.0170. The Labute approximate surface area is 210 Å². The first kappa shape index (κ1) is 24.4. The third-order valence-electron chi connectivity index (χ3n) is 6.25. The first-order valence-electron chi connectivity index (χ1n) is 11.5. The van der Waals surface area contributed by atoms with E-state index >= 15 is 0 Å². The standard InChI is InChI=1S/C28H20F4N4O/c1-16-4-6-18(13-21(16)28(30,31)32)25(37)14-19-11-17(5-7-22(19)29)12-24-20(3-2-9-33-24)26-27-23(8-10-34-27)35-15-36-26/h2-7,9-11,13,15H,8,12,14H2,1H3. The van der Waals surface area contributed by atoms with Gasteiger partial charge in [0.15, 0.2) is 5.78 Å². The lowest BCUT2D eigenvalue weighted by Crippen LogP contribution is -2.11. The number of benzene rings is 2. The van der Waals surface area contributed by atoms with E-state index in [4.69, 9.17) is 0 Å². The summed E-state index contributed by atoms with van der Waals surface area (Å²) >= 11 is 0. The van der Waals surface area contributed by atoms with Crippen LogP contribution in [0.1, 0.15) is 44.0 Å². The molecule has 0 radical (unpaired) electrons. The number of carbonyl (C=O) groups is 1. The molecule has 5 rings (SSSR count). The maximum Gasteiger partial charge on any atom is 0.416 e. The molecule has 37 heavy (non-hydrogen) atoms. The van der Waals surface area contributed by atoms with Gasteiger partial charge in [0.05, 0.1) is 17.0 Å². The Kier molecular flexibility index (Phi) is 6.37. The van der Waals surface area contributed by atoms with Crippen molar-refractivity contribution in [1.29, 1.82) is 0 Å². The molecular formula is C28H20F4N4O. The molecule has 0 bridgehead atoms. The van der Waals surface area contributed by atoms with Gasteiger partial charge >= 0.3 is 6.18 Å². The number of carbonyl (C=O) groups excluding carboxylic acids is 1. The molecule has 0 saturated heterocycles. The lowest BCUT2D eigenvalue weighted by atomic mass is 9.96. The summed E-state index contributed by atoms with van der Waals surface area (Å²) in [5, 5.41) is 0. The second kappa shape index (κ2) is 9.65.